The Kier molecular flexibility index (Phi) is 6.21. The second kappa shape index (κ2) is 8.79. The normalized spacial score (nSPS) is 11.9. The topological polar surface area (TPSA) is 41.1 Å². The van der Waals surface area contributed by atoms with Gasteiger partial charge in [-0.05, 0) is 42.0 Å². The fourth-order valence-electron chi connectivity index (χ4n) is 2.85. The molecule has 1 amide bonds. The molecule has 3 nitrogen and oxygen atoms in total. The van der Waals surface area contributed by atoms with Crippen LogP contribution in [0.4, 0.5) is 0 Å². The first-order valence-electron chi connectivity index (χ1n) is 8.78. The van der Waals surface area contributed by atoms with Gasteiger partial charge in [0.15, 0.2) is 0 Å². The van der Waals surface area contributed by atoms with Crippen molar-refractivity contribution in [3.8, 4) is 0 Å². The molecular weight excluding hydrogens is 340 g/mol. The van der Waals surface area contributed by atoms with Crippen LogP contribution in [-0.2, 0) is 11.3 Å². The van der Waals surface area contributed by atoms with E-state index in [1.54, 1.807) is 11.3 Å². The van der Waals surface area contributed by atoms with Gasteiger partial charge in [-0.1, -0.05) is 60.2 Å². The van der Waals surface area contributed by atoms with Gasteiger partial charge >= 0.3 is 0 Å². The Bertz CT molecular complexity index is 840. The van der Waals surface area contributed by atoms with Gasteiger partial charge in [0.25, 0.3) is 0 Å². The number of amides is 1. The van der Waals surface area contributed by atoms with Gasteiger partial charge in [0.05, 0.1) is 19.1 Å². The number of benzene rings is 2. The van der Waals surface area contributed by atoms with E-state index in [2.05, 4.69) is 72.3 Å². The molecule has 0 aliphatic rings. The average Bonchev–Trinajstić information content (AvgIpc) is 3.07. The zero-order chi connectivity index (χ0) is 18.4. The minimum absolute atomic E-state index is 0.00541. The maximum absolute atomic E-state index is 12.3. The Morgan fingerprint density at radius 3 is 2.31 bits per heavy atom. The number of hydrogen-bond donors (Lipinski definition) is 2. The second-order valence-corrected chi connectivity index (χ2v) is 7.44. The molecule has 134 valence electrons. The van der Waals surface area contributed by atoms with Gasteiger partial charge < -0.3 is 5.32 Å². The maximum atomic E-state index is 12.3. The summed E-state index contributed by atoms with van der Waals surface area (Å²) in [6, 6.07) is 20.7. The second-order valence-electron chi connectivity index (χ2n) is 6.44. The first-order valence-corrected chi connectivity index (χ1v) is 9.66. The van der Waals surface area contributed by atoms with Gasteiger partial charge in [-0.3, -0.25) is 10.1 Å². The highest BCUT2D eigenvalue weighted by molar-refractivity contribution is 7.10. The van der Waals surface area contributed by atoms with Gasteiger partial charge in [-0.2, -0.15) is 0 Å². The zero-order valence-electron chi connectivity index (χ0n) is 15.2. The van der Waals surface area contributed by atoms with Crippen LogP contribution in [0.2, 0.25) is 0 Å². The molecule has 2 aromatic carbocycles. The van der Waals surface area contributed by atoms with Gasteiger partial charge in [0, 0.05) is 4.88 Å². The zero-order valence-corrected chi connectivity index (χ0v) is 16.0. The van der Waals surface area contributed by atoms with E-state index >= 15 is 0 Å². The van der Waals surface area contributed by atoms with Crippen LogP contribution < -0.4 is 10.6 Å². The van der Waals surface area contributed by atoms with Crippen LogP contribution in [0.15, 0.2) is 66.0 Å². The van der Waals surface area contributed by atoms with Crippen molar-refractivity contribution in [1.29, 1.82) is 0 Å². The van der Waals surface area contributed by atoms with Crippen LogP contribution in [0.25, 0.3) is 0 Å². The first-order chi connectivity index (χ1) is 12.6. The molecule has 1 heterocycles. The summed E-state index contributed by atoms with van der Waals surface area (Å²) >= 11 is 1.68. The van der Waals surface area contributed by atoms with Crippen molar-refractivity contribution in [2.24, 2.45) is 0 Å². The predicted molar refractivity (Wildman–Crippen MR) is 108 cm³/mol. The number of rotatable bonds is 7. The van der Waals surface area contributed by atoms with Crippen LogP contribution in [0.1, 0.15) is 33.2 Å². The van der Waals surface area contributed by atoms with E-state index in [0.717, 1.165) is 11.1 Å². The lowest BCUT2D eigenvalue weighted by Gasteiger charge is -2.20. The molecule has 3 rings (SSSR count). The molecule has 0 saturated heterocycles. The third kappa shape index (κ3) is 4.81. The summed E-state index contributed by atoms with van der Waals surface area (Å²) in [6.07, 6.45) is 0. The van der Waals surface area contributed by atoms with Gasteiger partial charge in [-0.25, -0.2) is 0 Å². The third-order valence-electron chi connectivity index (χ3n) is 4.42. The lowest BCUT2D eigenvalue weighted by molar-refractivity contribution is -0.120. The summed E-state index contributed by atoms with van der Waals surface area (Å²) in [6.45, 7) is 5.01. The Labute approximate surface area is 159 Å². The molecule has 0 aliphatic carbocycles. The molecule has 0 saturated carbocycles. The first kappa shape index (κ1) is 18.4. The average molecular weight is 365 g/mol. The molecule has 2 N–H and O–H groups in total. The molecule has 0 aliphatic heterocycles. The van der Waals surface area contributed by atoms with E-state index in [0.29, 0.717) is 6.54 Å². The van der Waals surface area contributed by atoms with E-state index in [4.69, 9.17) is 0 Å². The summed E-state index contributed by atoms with van der Waals surface area (Å²) in [5.74, 6) is 0.00541. The van der Waals surface area contributed by atoms with Crippen LogP contribution in [0, 0.1) is 13.8 Å². The Hall–Kier alpha value is -2.43. The Morgan fingerprint density at radius 2 is 1.65 bits per heavy atom. The van der Waals surface area contributed by atoms with Crippen molar-refractivity contribution in [2.45, 2.75) is 26.4 Å². The SMILES string of the molecule is Cc1ccc(C(NCC(=O)NCc2sccc2C)c2ccccc2)cc1. The van der Waals surface area contributed by atoms with Crippen LogP contribution >= 0.6 is 11.3 Å². The highest BCUT2D eigenvalue weighted by Gasteiger charge is 2.15. The summed E-state index contributed by atoms with van der Waals surface area (Å²) in [5.41, 5.74) is 4.76. The molecule has 1 atom stereocenters. The van der Waals surface area contributed by atoms with Gasteiger partial charge in [-0.15, -0.1) is 11.3 Å². The van der Waals surface area contributed by atoms with E-state index in [-0.39, 0.29) is 18.5 Å². The summed E-state index contributed by atoms with van der Waals surface area (Å²) in [7, 11) is 0. The molecule has 0 bridgehead atoms. The number of carbonyl (C=O) groups is 1. The minimum atomic E-state index is -0.00831. The molecule has 0 radical (unpaired) electrons. The fourth-order valence-corrected chi connectivity index (χ4v) is 3.70. The molecular formula is C22H24N2OS. The predicted octanol–water partition coefficient (Wildman–Crippen LogP) is 4.36. The summed E-state index contributed by atoms with van der Waals surface area (Å²) in [5, 5.41) is 8.46. The van der Waals surface area contributed by atoms with Crippen molar-refractivity contribution in [3.05, 3.63) is 93.2 Å². The fraction of sp³-hybridized carbons (Fsp3) is 0.227. The van der Waals surface area contributed by atoms with E-state index < -0.39 is 0 Å². The quantitative estimate of drug-likeness (QED) is 0.654. The maximum Gasteiger partial charge on any atom is 0.234 e. The van der Waals surface area contributed by atoms with Crippen molar-refractivity contribution in [1.82, 2.24) is 10.6 Å². The number of carbonyl (C=O) groups excluding carboxylic acids is 1. The largest absolute Gasteiger partial charge is 0.350 e. The molecule has 0 spiro atoms. The number of hydrogen-bond acceptors (Lipinski definition) is 3. The Morgan fingerprint density at radius 1 is 0.962 bits per heavy atom. The highest BCUT2D eigenvalue weighted by Crippen LogP contribution is 2.22. The summed E-state index contributed by atoms with van der Waals surface area (Å²) < 4.78 is 0. The van der Waals surface area contributed by atoms with E-state index in [9.17, 15) is 4.79 Å². The number of thiophene rings is 1. The lowest BCUT2D eigenvalue weighted by atomic mass is 9.98. The van der Waals surface area contributed by atoms with Crippen LogP contribution in [-0.4, -0.2) is 12.5 Å². The smallest absolute Gasteiger partial charge is 0.234 e. The molecule has 0 fully saturated rings. The number of nitrogens with one attached hydrogen (secondary N) is 2. The van der Waals surface area contributed by atoms with Crippen LogP contribution in [0.3, 0.4) is 0 Å². The van der Waals surface area contributed by atoms with Crippen LogP contribution in [0.5, 0.6) is 0 Å². The lowest BCUT2D eigenvalue weighted by Crippen LogP contribution is -2.35. The van der Waals surface area contributed by atoms with E-state index in [1.807, 2.05) is 18.2 Å². The molecule has 1 aromatic heterocycles. The van der Waals surface area contributed by atoms with Crippen molar-refractivity contribution >= 4 is 17.2 Å². The standard InChI is InChI=1S/C22H24N2OS/c1-16-8-10-19(11-9-16)22(18-6-4-3-5-7-18)24-15-21(25)23-14-20-17(2)12-13-26-20/h3-13,22,24H,14-15H2,1-2H3,(H,23,25). The van der Waals surface area contributed by atoms with Gasteiger partial charge in [0.2, 0.25) is 5.91 Å². The molecule has 4 heteroatoms. The minimum Gasteiger partial charge on any atom is -0.350 e. The van der Waals surface area contributed by atoms with Crippen molar-refractivity contribution in [3.63, 3.8) is 0 Å². The molecule has 3 aromatic rings. The Balaban J connectivity index is 1.65. The third-order valence-corrected chi connectivity index (χ3v) is 5.45. The number of aryl methyl sites for hydroxylation is 2. The highest BCUT2D eigenvalue weighted by atomic mass is 32.1. The van der Waals surface area contributed by atoms with E-state index in [1.165, 1.54) is 16.0 Å². The van der Waals surface area contributed by atoms with Crippen molar-refractivity contribution < 1.29 is 4.79 Å². The summed E-state index contributed by atoms with van der Waals surface area (Å²) in [4.78, 5) is 13.5. The van der Waals surface area contributed by atoms with Gasteiger partial charge in [0.1, 0.15) is 0 Å². The monoisotopic (exact) mass is 364 g/mol. The molecule has 26 heavy (non-hydrogen) atoms. The van der Waals surface area contributed by atoms with Crippen molar-refractivity contribution in [2.75, 3.05) is 6.54 Å². The molecule has 1 unspecified atom stereocenters.